The number of nitrogens with one attached hydrogen (secondary N) is 2. The Morgan fingerprint density at radius 2 is 1.86 bits per heavy atom. The smallest absolute Gasteiger partial charge is 0.291 e. The minimum Gasteiger partial charge on any atom is -0.451 e. The van der Waals surface area contributed by atoms with Gasteiger partial charge in [0.25, 0.3) is 5.91 Å². The van der Waals surface area contributed by atoms with Gasteiger partial charge in [0.15, 0.2) is 10.9 Å². The summed E-state index contributed by atoms with van der Waals surface area (Å²) in [5, 5.41) is 8.94. The first-order valence-corrected chi connectivity index (χ1v) is 9.56. The number of carbonyl (C=O) groups is 2. The van der Waals surface area contributed by atoms with E-state index >= 15 is 0 Å². The molecule has 0 aliphatic heterocycles. The van der Waals surface area contributed by atoms with Gasteiger partial charge in [-0.05, 0) is 36.8 Å². The van der Waals surface area contributed by atoms with Crippen molar-refractivity contribution in [1.82, 2.24) is 4.98 Å². The fourth-order valence-corrected chi connectivity index (χ4v) is 3.46. The maximum Gasteiger partial charge on any atom is 0.291 e. The van der Waals surface area contributed by atoms with Gasteiger partial charge in [-0.25, -0.2) is 4.98 Å². The third-order valence-corrected chi connectivity index (χ3v) is 4.97. The van der Waals surface area contributed by atoms with E-state index in [2.05, 4.69) is 15.6 Å². The van der Waals surface area contributed by atoms with Gasteiger partial charge in [-0.3, -0.25) is 9.59 Å². The molecule has 0 spiro atoms. The lowest BCUT2D eigenvalue weighted by molar-refractivity contribution is -0.115. The van der Waals surface area contributed by atoms with Gasteiger partial charge in [-0.1, -0.05) is 30.3 Å². The van der Waals surface area contributed by atoms with E-state index in [1.165, 1.54) is 11.3 Å². The van der Waals surface area contributed by atoms with E-state index in [9.17, 15) is 9.59 Å². The molecule has 2 aromatic carbocycles. The molecule has 0 bridgehead atoms. The predicted molar refractivity (Wildman–Crippen MR) is 110 cm³/mol. The number of para-hydroxylation sites is 1. The van der Waals surface area contributed by atoms with E-state index < -0.39 is 0 Å². The molecular weight excluding hydrogens is 374 g/mol. The molecule has 140 valence electrons. The summed E-state index contributed by atoms with van der Waals surface area (Å²) in [5.41, 5.74) is 3.02. The Kier molecular flexibility index (Phi) is 4.90. The summed E-state index contributed by atoms with van der Waals surface area (Å²) in [6.45, 7) is 1.88. The lowest BCUT2D eigenvalue weighted by Gasteiger charge is -2.05. The number of rotatable bonds is 5. The summed E-state index contributed by atoms with van der Waals surface area (Å²) < 4.78 is 5.57. The van der Waals surface area contributed by atoms with Crippen LogP contribution < -0.4 is 10.6 Å². The van der Waals surface area contributed by atoms with Crippen molar-refractivity contribution in [3.05, 3.63) is 77.0 Å². The number of amides is 2. The number of carbonyl (C=O) groups excluding carboxylic acids is 2. The number of nitrogens with zero attached hydrogens (tertiary/aromatic N) is 1. The first kappa shape index (κ1) is 17.9. The second kappa shape index (κ2) is 7.66. The number of anilines is 2. The molecule has 0 unspecified atom stereocenters. The first-order valence-electron chi connectivity index (χ1n) is 8.68. The monoisotopic (exact) mass is 391 g/mol. The number of aryl methyl sites for hydroxylation is 1. The van der Waals surface area contributed by atoms with E-state index in [0.717, 1.165) is 16.6 Å². The lowest BCUT2D eigenvalue weighted by Crippen LogP contribution is -2.14. The third kappa shape index (κ3) is 4.10. The van der Waals surface area contributed by atoms with Crippen LogP contribution in [0.3, 0.4) is 0 Å². The van der Waals surface area contributed by atoms with Crippen molar-refractivity contribution in [2.24, 2.45) is 0 Å². The van der Waals surface area contributed by atoms with Crippen molar-refractivity contribution in [3.8, 4) is 0 Å². The van der Waals surface area contributed by atoms with E-state index in [0.29, 0.717) is 16.4 Å². The standard InChI is InChI=1S/C21H17N3O3S/c1-13-12-28-21(22-13)24-19(25)10-14-6-8-16(9-7-14)23-20(26)18-11-15-4-2-3-5-17(15)27-18/h2-9,11-12H,10H2,1H3,(H,23,26)(H,22,24,25). The van der Waals surface area contributed by atoms with Crippen LogP contribution in [0.15, 0.2) is 64.4 Å². The summed E-state index contributed by atoms with van der Waals surface area (Å²) in [6.07, 6.45) is 0.233. The van der Waals surface area contributed by atoms with Gasteiger partial charge in [0.2, 0.25) is 5.91 Å². The molecule has 0 atom stereocenters. The SMILES string of the molecule is Cc1csc(NC(=O)Cc2ccc(NC(=O)c3cc4ccccc4o3)cc2)n1. The normalized spacial score (nSPS) is 10.8. The van der Waals surface area contributed by atoms with Gasteiger partial charge >= 0.3 is 0 Å². The zero-order valence-electron chi connectivity index (χ0n) is 15.1. The van der Waals surface area contributed by atoms with E-state index in [-0.39, 0.29) is 24.0 Å². The third-order valence-electron chi connectivity index (χ3n) is 4.09. The van der Waals surface area contributed by atoms with Crippen LogP contribution in [0.4, 0.5) is 10.8 Å². The van der Waals surface area contributed by atoms with Gasteiger partial charge in [0.1, 0.15) is 5.58 Å². The molecule has 0 aliphatic carbocycles. The van der Waals surface area contributed by atoms with E-state index in [1.807, 2.05) is 36.6 Å². The molecule has 28 heavy (non-hydrogen) atoms. The molecule has 4 aromatic rings. The van der Waals surface area contributed by atoms with Crippen LogP contribution in [0, 0.1) is 6.92 Å². The van der Waals surface area contributed by atoms with Crippen LogP contribution >= 0.6 is 11.3 Å². The number of aromatic nitrogens is 1. The second-order valence-corrected chi connectivity index (χ2v) is 7.18. The Hall–Kier alpha value is -3.45. The topological polar surface area (TPSA) is 84.2 Å². The molecule has 2 heterocycles. The fraction of sp³-hybridized carbons (Fsp3) is 0.0952. The zero-order valence-corrected chi connectivity index (χ0v) is 15.9. The summed E-state index contributed by atoms with van der Waals surface area (Å²) >= 11 is 1.40. The highest BCUT2D eigenvalue weighted by Gasteiger charge is 2.12. The molecule has 0 saturated heterocycles. The largest absolute Gasteiger partial charge is 0.451 e. The van der Waals surface area contributed by atoms with Crippen molar-refractivity contribution < 1.29 is 14.0 Å². The predicted octanol–water partition coefficient (Wildman–Crippen LogP) is 4.63. The molecule has 6 nitrogen and oxygen atoms in total. The average molecular weight is 391 g/mol. The maximum atomic E-state index is 12.4. The number of furan rings is 1. The van der Waals surface area contributed by atoms with Crippen LogP contribution in [0.2, 0.25) is 0 Å². The zero-order chi connectivity index (χ0) is 19.5. The number of thiazole rings is 1. The molecule has 0 saturated carbocycles. The van der Waals surface area contributed by atoms with Crippen molar-refractivity contribution in [1.29, 1.82) is 0 Å². The van der Waals surface area contributed by atoms with Crippen molar-refractivity contribution in [2.45, 2.75) is 13.3 Å². The quantitative estimate of drug-likeness (QED) is 0.519. The van der Waals surface area contributed by atoms with Gasteiger partial charge in [-0.15, -0.1) is 11.3 Å². The highest BCUT2D eigenvalue weighted by Crippen LogP contribution is 2.20. The molecule has 2 N–H and O–H groups in total. The highest BCUT2D eigenvalue weighted by molar-refractivity contribution is 7.13. The molecule has 2 amide bonds. The van der Waals surface area contributed by atoms with Crippen molar-refractivity contribution >= 4 is 44.9 Å². The molecule has 2 aromatic heterocycles. The van der Waals surface area contributed by atoms with Crippen LogP contribution in [0.25, 0.3) is 11.0 Å². The first-order chi connectivity index (χ1) is 13.6. The number of benzene rings is 2. The Balaban J connectivity index is 1.37. The minimum absolute atomic E-state index is 0.131. The molecule has 0 aliphatic rings. The molecule has 0 radical (unpaired) electrons. The molecular formula is C21H17N3O3S. The summed E-state index contributed by atoms with van der Waals surface area (Å²) in [7, 11) is 0. The van der Waals surface area contributed by atoms with Crippen LogP contribution in [0.5, 0.6) is 0 Å². The van der Waals surface area contributed by atoms with Gasteiger partial charge in [0, 0.05) is 16.5 Å². The van der Waals surface area contributed by atoms with Crippen LogP contribution in [0.1, 0.15) is 21.8 Å². The second-order valence-electron chi connectivity index (χ2n) is 6.32. The Bertz CT molecular complexity index is 1110. The van der Waals surface area contributed by atoms with Crippen molar-refractivity contribution in [3.63, 3.8) is 0 Å². The minimum atomic E-state index is -0.319. The van der Waals surface area contributed by atoms with E-state index in [4.69, 9.17) is 4.42 Å². The Morgan fingerprint density at radius 1 is 1.07 bits per heavy atom. The van der Waals surface area contributed by atoms with E-state index in [1.54, 1.807) is 30.3 Å². The molecule has 4 rings (SSSR count). The molecule has 0 fully saturated rings. The highest BCUT2D eigenvalue weighted by atomic mass is 32.1. The molecule has 7 heteroatoms. The lowest BCUT2D eigenvalue weighted by atomic mass is 10.1. The van der Waals surface area contributed by atoms with Crippen molar-refractivity contribution in [2.75, 3.05) is 10.6 Å². The van der Waals surface area contributed by atoms with Crippen LogP contribution in [-0.4, -0.2) is 16.8 Å². The Labute approximate surface area is 165 Å². The summed E-state index contributed by atoms with van der Waals surface area (Å²) in [5.74, 6) is -0.197. The number of hydrogen-bond donors (Lipinski definition) is 2. The number of hydrogen-bond acceptors (Lipinski definition) is 5. The Morgan fingerprint density at radius 3 is 2.57 bits per heavy atom. The summed E-state index contributed by atoms with van der Waals surface area (Å²) in [6, 6.07) is 16.3. The van der Waals surface area contributed by atoms with Crippen LogP contribution in [-0.2, 0) is 11.2 Å². The van der Waals surface area contributed by atoms with Gasteiger partial charge in [0.05, 0.1) is 12.1 Å². The van der Waals surface area contributed by atoms with Gasteiger partial charge < -0.3 is 15.1 Å². The maximum absolute atomic E-state index is 12.4. The summed E-state index contributed by atoms with van der Waals surface area (Å²) in [4.78, 5) is 28.7. The number of fused-ring (bicyclic) bond motifs is 1. The fourth-order valence-electron chi connectivity index (χ4n) is 2.75. The van der Waals surface area contributed by atoms with Gasteiger partial charge in [-0.2, -0.15) is 0 Å². The average Bonchev–Trinajstić information content (AvgIpc) is 3.29.